The maximum atomic E-state index is 12.3. The van der Waals surface area contributed by atoms with Crippen LogP contribution in [0, 0.1) is 6.92 Å². The summed E-state index contributed by atoms with van der Waals surface area (Å²) in [4.78, 5) is 18.6. The maximum Gasteiger partial charge on any atom is 0.318 e. The Hall–Kier alpha value is -2.12. The van der Waals surface area contributed by atoms with Gasteiger partial charge in [-0.15, -0.1) is 11.3 Å². The number of methoxy groups -OCH3 is 1. The van der Waals surface area contributed by atoms with Crippen LogP contribution < -0.4 is 10.1 Å². The van der Waals surface area contributed by atoms with Gasteiger partial charge < -0.3 is 19.7 Å². The molecule has 1 heterocycles. The lowest BCUT2D eigenvalue weighted by atomic mass is 10.2. The minimum atomic E-state index is -0.109. The largest absolute Gasteiger partial charge is 0.486 e. The highest BCUT2D eigenvalue weighted by atomic mass is 32.1. The topological polar surface area (TPSA) is 63.7 Å². The van der Waals surface area contributed by atoms with Crippen molar-refractivity contribution in [2.45, 2.75) is 40.0 Å². The first-order valence-corrected chi connectivity index (χ1v) is 9.53. The Labute approximate surface area is 159 Å². The third-order valence-electron chi connectivity index (χ3n) is 3.57. The van der Waals surface area contributed by atoms with Crippen molar-refractivity contribution in [1.82, 2.24) is 15.2 Å². The normalized spacial score (nSPS) is 10.8. The summed E-state index contributed by atoms with van der Waals surface area (Å²) in [5, 5.41) is 5.77. The number of carbonyl (C=O) groups is 1. The summed E-state index contributed by atoms with van der Waals surface area (Å²) >= 11 is 1.54. The minimum absolute atomic E-state index is 0.0845. The smallest absolute Gasteiger partial charge is 0.318 e. The summed E-state index contributed by atoms with van der Waals surface area (Å²) in [7, 11) is 1.63. The Morgan fingerprint density at radius 2 is 2.19 bits per heavy atom. The Morgan fingerprint density at radius 3 is 2.88 bits per heavy atom. The van der Waals surface area contributed by atoms with Gasteiger partial charge in [0.2, 0.25) is 0 Å². The number of nitrogens with one attached hydrogen (secondary N) is 1. The molecule has 7 heteroatoms. The fourth-order valence-corrected chi connectivity index (χ4v) is 3.02. The third-order valence-corrected chi connectivity index (χ3v) is 4.44. The van der Waals surface area contributed by atoms with E-state index in [4.69, 9.17) is 9.47 Å². The Bertz CT molecular complexity index is 703. The number of amides is 2. The van der Waals surface area contributed by atoms with Gasteiger partial charge in [0.15, 0.2) is 0 Å². The fraction of sp³-hybridized carbons (Fsp3) is 0.474. The van der Waals surface area contributed by atoms with Crippen LogP contribution in [0.5, 0.6) is 5.75 Å². The van der Waals surface area contributed by atoms with Crippen molar-refractivity contribution in [1.29, 1.82) is 0 Å². The van der Waals surface area contributed by atoms with Crippen LogP contribution >= 0.6 is 11.3 Å². The van der Waals surface area contributed by atoms with Crippen molar-refractivity contribution in [3.63, 3.8) is 0 Å². The van der Waals surface area contributed by atoms with E-state index in [1.54, 1.807) is 12.0 Å². The fourth-order valence-electron chi connectivity index (χ4n) is 2.33. The molecule has 1 aromatic heterocycles. The molecule has 0 aliphatic heterocycles. The number of carbonyl (C=O) groups excluding carboxylic acids is 1. The van der Waals surface area contributed by atoms with Crippen LogP contribution in [0.3, 0.4) is 0 Å². The van der Waals surface area contributed by atoms with Gasteiger partial charge in [0.05, 0.1) is 18.8 Å². The van der Waals surface area contributed by atoms with E-state index in [9.17, 15) is 4.79 Å². The number of rotatable bonds is 9. The number of aryl methyl sites for hydroxylation is 1. The molecule has 1 N–H and O–H groups in total. The van der Waals surface area contributed by atoms with E-state index in [2.05, 4.69) is 10.3 Å². The first kappa shape index (κ1) is 20.2. The predicted molar refractivity (Wildman–Crippen MR) is 104 cm³/mol. The van der Waals surface area contributed by atoms with Crippen molar-refractivity contribution < 1.29 is 14.3 Å². The van der Waals surface area contributed by atoms with Gasteiger partial charge in [0, 0.05) is 25.1 Å². The van der Waals surface area contributed by atoms with Crippen molar-refractivity contribution in [2.75, 3.05) is 20.3 Å². The zero-order chi connectivity index (χ0) is 18.9. The van der Waals surface area contributed by atoms with E-state index in [1.165, 1.54) is 11.3 Å². The lowest BCUT2D eigenvalue weighted by Gasteiger charge is -2.23. The number of hydrogen-bond acceptors (Lipinski definition) is 5. The summed E-state index contributed by atoms with van der Waals surface area (Å²) in [6.45, 7) is 7.78. The zero-order valence-electron chi connectivity index (χ0n) is 15.8. The molecule has 0 bridgehead atoms. The van der Waals surface area contributed by atoms with Gasteiger partial charge in [-0.1, -0.05) is 12.1 Å². The summed E-state index contributed by atoms with van der Waals surface area (Å²) < 4.78 is 10.9. The lowest BCUT2D eigenvalue weighted by molar-refractivity contribution is 0.145. The predicted octanol–water partition coefficient (Wildman–Crippen LogP) is 3.60. The molecular weight excluding hydrogens is 350 g/mol. The molecule has 0 saturated heterocycles. The van der Waals surface area contributed by atoms with Crippen LogP contribution in [0.2, 0.25) is 0 Å². The quantitative estimate of drug-likeness (QED) is 0.725. The molecule has 0 atom stereocenters. The summed E-state index contributed by atoms with van der Waals surface area (Å²) in [5.41, 5.74) is 2.01. The maximum absolute atomic E-state index is 12.3. The van der Waals surface area contributed by atoms with E-state index in [1.807, 2.05) is 50.4 Å². The van der Waals surface area contributed by atoms with Gasteiger partial charge in [0.1, 0.15) is 17.4 Å². The Morgan fingerprint density at radius 1 is 1.38 bits per heavy atom. The van der Waals surface area contributed by atoms with Gasteiger partial charge >= 0.3 is 6.03 Å². The Balaban J connectivity index is 1.94. The van der Waals surface area contributed by atoms with Crippen LogP contribution in [-0.2, 0) is 17.9 Å². The standard InChI is InChI=1S/C19H27N3O3S/c1-14(2)20-19(23)22(8-9-24-4)11-16-13-26-18(21-16)12-25-17-7-5-6-15(3)10-17/h5-7,10,13-14H,8-9,11-12H2,1-4H3,(H,20,23). The van der Waals surface area contributed by atoms with E-state index in [-0.39, 0.29) is 12.1 Å². The highest BCUT2D eigenvalue weighted by Crippen LogP contribution is 2.17. The zero-order valence-corrected chi connectivity index (χ0v) is 16.6. The number of nitrogens with zero attached hydrogens (tertiary/aromatic N) is 2. The number of benzene rings is 1. The lowest BCUT2D eigenvalue weighted by Crippen LogP contribution is -2.44. The number of urea groups is 1. The van der Waals surface area contributed by atoms with Crippen molar-refractivity contribution >= 4 is 17.4 Å². The van der Waals surface area contributed by atoms with Crippen LogP contribution in [0.25, 0.3) is 0 Å². The molecule has 142 valence electrons. The van der Waals surface area contributed by atoms with Gasteiger partial charge in [-0.2, -0.15) is 0 Å². The van der Waals surface area contributed by atoms with Gasteiger partial charge in [-0.05, 0) is 38.5 Å². The molecule has 0 saturated carbocycles. The number of aromatic nitrogens is 1. The minimum Gasteiger partial charge on any atom is -0.486 e. The summed E-state index contributed by atoms with van der Waals surface area (Å²) in [5.74, 6) is 0.833. The Kier molecular flexibility index (Phi) is 7.87. The molecule has 0 aliphatic rings. The molecule has 2 amide bonds. The monoisotopic (exact) mass is 377 g/mol. The molecular formula is C19H27N3O3S. The molecule has 0 fully saturated rings. The third kappa shape index (κ3) is 6.65. The summed E-state index contributed by atoms with van der Waals surface area (Å²) in [6.07, 6.45) is 0. The SMILES string of the molecule is COCCN(Cc1csc(COc2cccc(C)c2)n1)C(=O)NC(C)C. The number of hydrogen-bond donors (Lipinski definition) is 1. The van der Waals surface area contributed by atoms with Crippen molar-refractivity contribution in [3.05, 3.63) is 45.9 Å². The average Bonchev–Trinajstić information content (AvgIpc) is 3.03. The second-order valence-corrected chi connectivity index (χ2v) is 7.30. The number of ether oxygens (including phenoxy) is 2. The first-order valence-electron chi connectivity index (χ1n) is 8.65. The molecule has 2 rings (SSSR count). The molecule has 0 unspecified atom stereocenters. The van der Waals surface area contributed by atoms with Crippen LogP contribution in [0.15, 0.2) is 29.6 Å². The molecule has 1 aromatic carbocycles. The average molecular weight is 378 g/mol. The molecule has 6 nitrogen and oxygen atoms in total. The van der Waals surface area contributed by atoms with E-state index in [0.29, 0.717) is 26.3 Å². The highest BCUT2D eigenvalue weighted by molar-refractivity contribution is 7.09. The number of thiazole rings is 1. The van der Waals surface area contributed by atoms with Gasteiger partial charge in [-0.25, -0.2) is 9.78 Å². The van der Waals surface area contributed by atoms with Gasteiger partial charge in [0.25, 0.3) is 0 Å². The second kappa shape index (κ2) is 10.1. The molecule has 0 aliphatic carbocycles. The molecule has 26 heavy (non-hydrogen) atoms. The van der Waals surface area contributed by atoms with E-state index < -0.39 is 0 Å². The first-order chi connectivity index (χ1) is 12.5. The summed E-state index contributed by atoms with van der Waals surface area (Å²) in [6, 6.07) is 7.91. The van der Waals surface area contributed by atoms with Crippen LogP contribution in [0.4, 0.5) is 4.79 Å². The van der Waals surface area contributed by atoms with Crippen molar-refractivity contribution in [2.24, 2.45) is 0 Å². The van der Waals surface area contributed by atoms with Crippen LogP contribution in [-0.4, -0.2) is 42.2 Å². The van der Waals surface area contributed by atoms with Gasteiger partial charge in [-0.3, -0.25) is 0 Å². The van der Waals surface area contributed by atoms with E-state index in [0.717, 1.165) is 22.0 Å². The highest BCUT2D eigenvalue weighted by Gasteiger charge is 2.16. The molecule has 0 radical (unpaired) electrons. The molecule has 0 spiro atoms. The van der Waals surface area contributed by atoms with E-state index >= 15 is 0 Å². The van der Waals surface area contributed by atoms with Crippen molar-refractivity contribution in [3.8, 4) is 5.75 Å². The second-order valence-electron chi connectivity index (χ2n) is 6.36. The molecule has 2 aromatic rings. The van der Waals surface area contributed by atoms with Crippen LogP contribution in [0.1, 0.15) is 30.1 Å².